The van der Waals surface area contributed by atoms with Crippen molar-refractivity contribution in [1.82, 2.24) is 19.9 Å². The number of benzene rings is 1. The second kappa shape index (κ2) is 9.14. The second-order valence-electron chi connectivity index (χ2n) is 6.96. The number of nitrogens with zero attached hydrogens (tertiary/aromatic N) is 3. The lowest BCUT2D eigenvalue weighted by Gasteiger charge is -2.16. The van der Waals surface area contributed by atoms with Crippen LogP contribution < -0.4 is 4.74 Å². The standard InChI is InChI=1S/C25H22N4O2/c1-3-8-22(30)29(2)15-16-31-21-17-26-14-12-19(21)24-23(18-9-5-4-6-10-18)25-20(28-24)11-7-13-27-25/h4-7,9-14,17,28H,15-16H2,1-2H3. The van der Waals surface area contributed by atoms with Gasteiger partial charge in [-0.1, -0.05) is 36.3 Å². The smallest absolute Gasteiger partial charge is 0.298 e. The Morgan fingerprint density at radius 2 is 1.97 bits per heavy atom. The van der Waals surface area contributed by atoms with Gasteiger partial charge in [0.15, 0.2) is 0 Å². The van der Waals surface area contributed by atoms with Crippen LogP contribution in [0.2, 0.25) is 0 Å². The molecule has 3 aromatic heterocycles. The van der Waals surface area contributed by atoms with Gasteiger partial charge in [-0.05, 0) is 36.6 Å². The quantitative estimate of drug-likeness (QED) is 0.485. The van der Waals surface area contributed by atoms with Gasteiger partial charge < -0.3 is 14.6 Å². The van der Waals surface area contributed by atoms with Crippen molar-refractivity contribution in [3.8, 4) is 40.0 Å². The summed E-state index contributed by atoms with van der Waals surface area (Å²) in [6.45, 7) is 2.39. The number of carbonyl (C=O) groups is 1. The first-order valence-corrected chi connectivity index (χ1v) is 9.96. The number of pyridine rings is 2. The highest BCUT2D eigenvalue weighted by Gasteiger charge is 2.19. The summed E-state index contributed by atoms with van der Waals surface area (Å²) >= 11 is 0. The van der Waals surface area contributed by atoms with Gasteiger partial charge in [0.25, 0.3) is 5.91 Å². The number of aromatic amines is 1. The summed E-state index contributed by atoms with van der Waals surface area (Å²) in [5.41, 5.74) is 5.72. The minimum Gasteiger partial charge on any atom is -0.489 e. The minimum absolute atomic E-state index is 0.231. The number of rotatable bonds is 6. The molecular formula is C25H22N4O2. The normalized spacial score (nSPS) is 10.4. The Morgan fingerprint density at radius 1 is 1.13 bits per heavy atom. The Balaban J connectivity index is 1.70. The molecule has 6 nitrogen and oxygen atoms in total. The largest absolute Gasteiger partial charge is 0.489 e. The zero-order valence-corrected chi connectivity index (χ0v) is 17.4. The van der Waals surface area contributed by atoms with Crippen LogP contribution in [0, 0.1) is 11.8 Å². The van der Waals surface area contributed by atoms with Crippen LogP contribution in [0.3, 0.4) is 0 Å². The van der Waals surface area contributed by atoms with E-state index < -0.39 is 0 Å². The van der Waals surface area contributed by atoms with Gasteiger partial charge in [-0.15, -0.1) is 0 Å². The third-order valence-corrected chi connectivity index (χ3v) is 4.93. The van der Waals surface area contributed by atoms with Crippen molar-refractivity contribution in [3.05, 3.63) is 67.1 Å². The van der Waals surface area contributed by atoms with Gasteiger partial charge in [0.1, 0.15) is 12.4 Å². The first-order chi connectivity index (χ1) is 15.2. The monoisotopic (exact) mass is 410 g/mol. The van der Waals surface area contributed by atoms with Crippen molar-refractivity contribution in [1.29, 1.82) is 0 Å². The van der Waals surface area contributed by atoms with Crippen molar-refractivity contribution in [2.24, 2.45) is 0 Å². The van der Waals surface area contributed by atoms with E-state index in [1.807, 2.05) is 36.4 Å². The number of hydrogen-bond donors (Lipinski definition) is 1. The van der Waals surface area contributed by atoms with Crippen LogP contribution >= 0.6 is 0 Å². The lowest BCUT2D eigenvalue weighted by Crippen LogP contribution is -2.29. The molecule has 0 unspecified atom stereocenters. The SMILES string of the molecule is CC#CC(=O)N(C)CCOc1cnccc1-c1[nH]c2cccnc2c1-c1ccccc1. The Morgan fingerprint density at radius 3 is 2.77 bits per heavy atom. The van der Waals surface area contributed by atoms with Gasteiger partial charge in [-0.3, -0.25) is 14.8 Å². The summed E-state index contributed by atoms with van der Waals surface area (Å²) in [6.07, 6.45) is 5.22. The summed E-state index contributed by atoms with van der Waals surface area (Å²) in [5, 5.41) is 0. The molecule has 6 heteroatoms. The van der Waals surface area contributed by atoms with Gasteiger partial charge in [0.05, 0.1) is 29.5 Å². The predicted molar refractivity (Wildman–Crippen MR) is 121 cm³/mol. The average Bonchev–Trinajstić information content (AvgIpc) is 3.19. The molecule has 0 saturated heterocycles. The molecule has 3 heterocycles. The third kappa shape index (κ3) is 4.26. The van der Waals surface area contributed by atoms with Gasteiger partial charge in [-0.2, -0.15) is 0 Å². The highest BCUT2D eigenvalue weighted by Crippen LogP contribution is 2.40. The van der Waals surface area contributed by atoms with E-state index in [1.54, 1.807) is 32.6 Å². The average molecular weight is 410 g/mol. The van der Waals surface area contributed by atoms with Gasteiger partial charge >= 0.3 is 0 Å². The number of amides is 1. The summed E-state index contributed by atoms with van der Waals surface area (Å²) in [4.78, 5) is 25.7. The van der Waals surface area contributed by atoms with Crippen LogP contribution in [-0.2, 0) is 4.79 Å². The maximum Gasteiger partial charge on any atom is 0.298 e. The fraction of sp³-hybridized carbons (Fsp3) is 0.160. The molecular weight excluding hydrogens is 388 g/mol. The van der Waals surface area contributed by atoms with Crippen LogP contribution in [0.15, 0.2) is 67.1 Å². The molecule has 0 aliphatic heterocycles. The Kier molecular flexibility index (Phi) is 5.95. The van der Waals surface area contributed by atoms with Gasteiger partial charge in [-0.25, -0.2) is 0 Å². The van der Waals surface area contributed by atoms with Crippen LogP contribution in [0.1, 0.15) is 6.92 Å². The fourth-order valence-corrected chi connectivity index (χ4v) is 3.41. The number of aromatic nitrogens is 3. The van der Waals surface area contributed by atoms with E-state index >= 15 is 0 Å². The molecule has 4 aromatic rings. The number of likely N-dealkylation sites (N-methyl/N-ethyl adjacent to an activating group) is 1. The molecule has 4 rings (SSSR count). The molecule has 0 aliphatic rings. The van der Waals surface area contributed by atoms with E-state index in [9.17, 15) is 4.79 Å². The predicted octanol–water partition coefficient (Wildman–Crippen LogP) is 4.15. The van der Waals surface area contributed by atoms with Crippen LogP contribution in [0.4, 0.5) is 0 Å². The fourth-order valence-electron chi connectivity index (χ4n) is 3.41. The van der Waals surface area contributed by atoms with E-state index in [0.29, 0.717) is 18.9 Å². The molecule has 1 N–H and O–H groups in total. The van der Waals surface area contributed by atoms with E-state index in [4.69, 9.17) is 4.74 Å². The molecule has 0 fully saturated rings. The number of hydrogen-bond acceptors (Lipinski definition) is 4. The first kappa shape index (κ1) is 20.2. The Labute approximate surface area is 180 Å². The van der Waals surface area contributed by atoms with Crippen LogP contribution in [0.25, 0.3) is 33.4 Å². The first-order valence-electron chi connectivity index (χ1n) is 9.96. The molecule has 1 amide bonds. The molecule has 0 saturated carbocycles. The maximum absolute atomic E-state index is 11.8. The van der Waals surface area contributed by atoms with E-state index in [1.165, 1.54) is 4.90 Å². The molecule has 154 valence electrons. The van der Waals surface area contributed by atoms with Crippen LogP contribution in [-0.4, -0.2) is 46.0 Å². The number of nitrogens with one attached hydrogen (secondary N) is 1. The lowest BCUT2D eigenvalue weighted by atomic mass is 10.0. The highest BCUT2D eigenvalue weighted by molar-refractivity contribution is 6.02. The number of ether oxygens (including phenoxy) is 1. The van der Waals surface area contributed by atoms with Crippen molar-refractivity contribution in [2.75, 3.05) is 20.2 Å². The maximum atomic E-state index is 11.8. The Hall–Kier alpha value is -4.11. The van der Waals surface area contributed by atoms with Crippen molar-refractivity contribution < 1.29 is 9.53 Å². The molecule has 0 radical (unpaired) electrons. The molecule has 0 atom stereocenters. The molecule has 0 bridgehead atoms. The number of H-pyrrole nitrogens is 1. The van der Waals surface area contributed by atoms with E-state index in [-0.39, 0.29) is 5.91 Å². The van der Waals surface area contributed by atoms with Gasteiger partial charge in [0, 0.05) is 30.6 Å². The summed E-state index contributed by atoms with van der Waals surface area (Å²) in [6, 6.07) is 16.0. The highest BCUT2D eigenvalue weighted by atomic mass is 16.5. The van der Waals surface area contributed by atoms with Crippen molar-refractivity contribution in [3.63, 3.8) is 0 Å². The summed E-state index contributed by atoms with van der Waals surface area (Å²) in [5.74, 6) is 5.55. The van der Waals surface area contributed by atoms with Gasteiger partial charge in [0.2, 0.25) is 0 Å². The number of fused-ring (bicyclic) bond motifs is 1. The number of carbonyl (C=O) groups excluding carboxylic acids is 1. The Bertz CT molecular complexity index is 1270. The molecule has 31 heavy (non-hydrogen) atoms. The minimum atomic E-state index is -0.231. The van der Waals surface area contributed by atoms with Crippen molar-refractivity contribution in [2.45, 2.75) is 6.92 Å². The second-order valence-corrected chi connectivity index (χ2v) is 6.96. The van der Waals surface area contributed by atoms with Crippen LogP contribution in [0.5, 0.6) is 5.75 Å². The van der Waals surface area contributed by atoms with E-state index in [0.717, 1.165) is 33.4 Å². The zero-order chi connectivity index (χ0) is 21.6. The zero-order valence-electron chi connectivity index (χ0n) is 17.4. The molecule has 0 spiro atoms. The third-order valence-electron chi connectivity index (χ3n) is 4.93. The van der Waals surface area contributed by atoms with Crippen molar-refractivity contribution >= 4 is 16.9 Å². The lowest BCUT2D eigenvalue weighted by molar-refractivity contribution is -0.124. The summed E-state index contributed by atoms with van der Waals surface area (Å²) < 4.78 is 6.03. The van der Waals surface area contributed by atoms with E-state index in [2.05, 4.69) is 38.9 Å². The molecule has 0 aliphatic carbocycles. The summed E-state index contributed by atoms with van der Waals surface area (Å²) in [7, 11) is 1.71. The topological polar surface area (TPSA) is 71.1 Å². The molecule has 1 aromatic carbocycles.